The predicted octanol–water partition coefficient (Wildman–Crippen LogP) is 0.409. The molecule has 1 saturated heterocycles. The molecule has 4 unspecified atom stereocenters. The molecule has 21 heavy (non-hydrogen) atoms. The van der Waals surface area contributed by atoms with Gasteiger partial charge in [0, 0.05) is 26.7 Å². The van der Waals surface area contributed by atoms with E-state index in [0.29, 0.717) is 0 Å². The molecule has 1 aliphatic heterocycles. The minimum atomic E-state index is -0.588. The van der Waals surface area contributed by atoms with Crippen LogP contribution in [0, 0.1) is 5.92 Å². The largest absolute Gasteiger partial charge is 0.463 e. The second kappa shape index (κ2) is 7.40. The van der Waals surface area contributed by atoms with Crippen LogP contribution in [0.2, 0.25) is 0 Å². The minimum absolute atomic E-state index is 0.00868. The lowest BCUT2D eigenvalue weighted by molar-refractivity contribution is -0.196. The van der Waals surface area contributed by atoms with Crippen LogP contribution < -0.4 is 5.32 Å². The fraction of sp³-hybridized carbons (Fsp3) is 0.786. The maximum atomic E-state index is 11.3. The first kappa shape index (κ1) is 17.4. The Labute approximate surface area is 124 Å². The molecule has 1 rings (SSSR count). The molecule has 0 radical (unpaired) electrons. The highest BCUT2D eigenvalue weighted by Gasteiger charge is 2.44. The van der Waals surface area contributed by atoms with E-state index >= 15 is 0 Å². The van der Waals surface area contributed by atoms with Gasteiger partial charge in [0.1, 0.15) is 18.8 Å². The van der Waals surface area contributed by atoms with Crippen molar-refractivity contribution in [2.45, 2.75) is 59.0 Å². The van der Waals surface area contributed by atoms with E-state index in [9.17, 15) is 14.4 Å². The summed E-state index contributed by atoms with van der Waals surface area (Å²) in [7, 11) is 0. The lowest BCUT2D eigenvalue weighted by atomic mass is 9.86. The molecule has 5 atom stereocenters. The topological polar surface area (TPSA) is 90.9 Å². The molecule has 0 aromatic rings. The van der Waals surface area contributed by atoms with Crippen molar-refractivity contribution >= 4 is 17.8 Å². The average Bonchev–Trinajstić information content (AvgIpc) is 2.35. The van der Waals surface area contributed by atoms with Crippen molar-refractivity contribution < 1.29 is 28.6 Å². The number of ether oxygens (including phenoxy) is 3. The van der Waals surface area contributed by atoms with Crippen molar-refractivity contribution in [1.82, 2.24) is 5.32 Å². The SMILES string of the molecule is CC(=O)NC1C(C)C(OC(C)=O)C(COC(C)=O)O[C@H]1C. The first-order chi connectivity index (χ1) is 9.72. The maximum Gasteiger partial charge on any atom is 0.303 e. The van der Waals surface area contributed by atoms with Crippen molar-refractivity contribution in [2.24, 2.45) is 5.92 Å². The molecular formula is C14H23NO6. The van der Waals surface area contributed by atoms with Crippen LogP contribution in [-0.2, 0) is 28.6 Å². The normalized spacial score (nSPS) is 32.1. The van der Waals surface area contributed by atoms with E-state index in [0.717, 1.165) is 0 Å². The van der Waals surface area contributed by atoms with Crippen LogP contribution in [-0.4, -0.2) is 48.8 Å². The van der Waals surface area contributed by atoms with E-state index in [1.54, 1.807) is 0 Å². The third-order valence-electron chi connectivity index (χ3n) is 3.47. The van der Waals surface area contributed by atoms with Gasteiger partial charge in [0.05, 0.1) is 12.1 Å². The Hall–Kier alpha value is -1.63. The summed E-state index contributed by atoms with van der Waals surface area (Å²) < 4.78 is 16.0. The van der Waals surface area contributed by atoms with Crippen LogP contribution in [0.5, 0.6) is 0 Å². The lowest BCUT2D eigenvalue weighted by Gasteiger charge is -2.44. The van der Waals surface area contributed by atoms with Gasteiger partial charge in [-0.05, 0) is 6.92 Å². The summed E-state index contributed by atoms with van der Waals surface area (Å²) in [6, 6.07) is -0.277. The molecule has 0 spiro atoms. The van der Waals surface area contributed by atoms with E-state index in [1.807, 2.05) is 13.8 Å². The van der Waals surface area contributed by atoms with Crippen molar-refractivity contribution in [1.29, 1.82) is 0 Å². The standard InChI is InChI=1S/C14H23NO6/c1-7-13(15-9(3)16)8(2)20-12(6-19-10(4)17)14(7)21-11(5)18/h7-8,12-14H,6H2,1-5H3,(H,15,16)/t7?,8-,12?,13?,14?/m0/s1. The second-order valence-corrected chi connectivity index (χ2v) is 5.34. The summed E-state index contributed by atoms with van der Waals surface area (Å²) in [5.41, 5.74) is 0. The van der Waals surface area contributed by atoms with Crippen molar-refractivity contribution in [3.8, 4) is 0 Å². The summed E-state index contributed by atoms with van der Waals surface area (Å²) in [5, 5.41) is 2.81. The molecule has 0 aromatic heterocycles. The zero-order chi connectivity index (χ0) is 16.2. The van der Waals surface area contributed by atoms with E-state index in [-0.39, 0.29) is 30.6 Å². The lowest BCUT2D eigenvalue weighted by Crippen LogP contribution is -2.60. The number of carbonyl (C=O) groups is 3. The average molecular weight is 301 g/mol. The van der Waals surface area contributed by atoms with Crippen LogP contribution in [0.4, 0.5) is 0 Å². The molecule has 7 nitrogen and oxygen atoms in total. The first-order valence-corrected chi connectivity index (χ1v) is 6.95. The van der Waals surface area contributed by atoms with Gasteiger partial charge >= 0.3 is 11.9 Å². The number of esters is 2. The van der Waals surface area contributed by atoms with Gasteiger partial charge in [-0.15, -0.1) is 0 Å². The molecular weight excluding hydrogens is 278 g/mol. The highest BCUT2D eigenvalue weighted by atomic mass is 16.6. The molecule has 0 aliphatic carbocycles. The monoisotopic (exact) mass is 301 g/mol. The van der Waals surface area contributed by atoms with Crippen molar-refractivity contribution in [3.63, 3.8) is 0 Å². The zero-order valence-corrected chi connectivity index (χ0v) is 13.0. The number of amides is 1. The highest BCUT2D eigenvalue weighted by Crippen LogP contribution is 2.28. The first-order valence-electron chi connectivity index (χ1n) is 6.95. The van der Waals surface area contributed by atoms with Crippen molar-refractivity contribution in [3.05, 3.63) is 0 Å². The van der Waals surface area contributed by atoms with Gasteiger partial charge in [0.25, 0.3) is 0 Å². The van der Waals surface area contributed by atoms with Gasteiger partial charge in [-0.2, -0.15) is 0 Å². The van der Waals surface area contributed by atoms with Crippen LogP contribution in [0.25, 0.3) is 0 Å². The Kier molecular flexibility index (Phi) is 6.14. The molecule has 7 heteroatoms. The summed E-state index contributed by atoms with van der Waals surface area (Å²) >= 11 is 0. The molecule has 0 bridgehead atoms. The fourth-order valence-corrected chi connectivity index (χ4v) is 2.60. The third kappa shape index (κ3) is 5.00. The summed E-state index contributed by atoms with van der Waals surface area (Å²) in [5.74, 6) is -1.21. The van der Waals surface area contributed by atoms with E-state index < -0.39 is 24.1 Å². The van der Waals surface area contributed by atoms with Gasteiger partial charge in [-0.3, -0.25) is 14.4 Å². The number of hydrogen-bond donors (Lipinski definition) is 1. The van der Waals surface area contributed by atoms with E-state index in [4.69, 9.17) is 14.2 Å². The van der Waals surface area contributed by atoms with Gasteiger partial charge in [0.2, 0.25) is 5.91 Å². The molecule has 1 fully saturated rings. The summed E-state index contributed by atoms with van der Waals surface area (Å²) in [6.07, 6.45) is -1.42. The fourth-order valence-electron chi connectivity index (χ4n) is 2.60. The molecule has 1 aliphatic rings. The number of rotatable bonds is 4. The Morgan fingerprint density at radius 1 is 1.10 bits per heavy atom. The number of carbonyl (C=O) groups excluding carboxylic acids is 3. The van der Waals surface area contributed by atoms with Crippen molar-refractivity contribution in [2.75, 3.05) is 6.61 Å². The van der Waals surface area contributed by atoms with Crippen LogP contribution in [0.3, 0.4) is 0 Å². The highest BCUT2D eigenvalue weighted by molar-refractivity contribution is 5.73. The Morgan fingerprint density at radius 2 is 1.71 bits per heavy atom. The van der Waals surface area contributed by atoms with Gasteiger partial charge < -0.3 is 19.5 Å². The molecule has 0 aromatic carbocycles. The van der Waals surface area contributed by atoms with E-state index in [2.05, 4.69) is 5.32 Å². The van der Waals surface area contributed by atoms with Crippen LogP contribution >= 0.6 is 0 Å². The minimum Gasteiger partial charge on any atom is -0.463 e. The molecule has 1 amide bonds. The van der Waals surface area contributed by atoms with Gasteiger partial charge in [-0.25, -0.2) is 0 Å². The smallest absolute Gasteiger partial charge is 0.303 e. The van der Waals surface area contributed by atoms with Gasteiger partial charge in [-0.1, -0.05) is 6.92 Å². The summed E-state index contributed by atoms with van der Waals surface area (Å²) in [4.78, 5) is 33.5. The maximum absolute atomic E-state index is 11.3. The summed E-state index contributed by atoms with van der Waals surface area (Å²) in [6.45, 7) is 7.73. The van der Waals surface area contributed by atoms with Gasteiger partial charge in [0.15, 0.2) is 0 Å². The number of nitrogens with one attached hydrogen (secondary N) is 1. The molecule has 0 saturated carbocycles. The second-order valence-electron chi connectivity index (χ2n) is 5.34. The molecule has 1 heterocycles. The number of hydrogen-bond acceptors (Lipinski definition) is 6. The van der Waals surface area contributed by atoms with E-state index in [1.165, 1.54) is 20.8 Å². The Bertz CT molecular complexity index is 408. The Morgan fingerprint density at radius 3 is 2.19 bits per heavy atom. The molecule has 1 N–H and O–H groups in total. The van der Waals surface area contributed by atoms with Crippen LogP contribution in [0.1, 0.15) is 34.6 Å². The predicted molar refractivity (Wildman–Crippen MR) is 73.3 cm³/mol. The quantitative estimate of drug-likeness (QED) is 0.756. The Balaban J connectivity index is 2.86. The third-order valence-corrected chi connectivity index (χ3v) is 3.47. The molecule has 120 valence electrons. The van der Waals surface area contributed by atoms with Crippen LogP contribution in [0.15, 0.2) is 0 Å². The zero-order valence-electron chi connectivity index (χ0n) is 13.0.